The quantitative estimate of drug-likeness (QED) is 0.364. The lowest BCUT2D eigenvalue weighted by molar-refractivity contribution is -0.384. The van der Waals surface area contributed by atoms with Crippen LogP contribution in [0.3, 0.4) is 0 Å². The summed E-state index contributed by atoms with van der Waals surface area (Å²) >= 11 is 1.24. The van der Waals surface area contributed by atoms with Gasteiger partial charge in [0.15, 0.2) is 0 Å². The van der Waals surface area contributed by atoms with Crippen molar-refractivity contribution >= 4 is 33.9 Å². The van der Waals surface area contributed by atoms with Crippen LogP contribution >= 0.6 is 11.3 Å². The Bertz CT molecular complexity index is 1060. The van der Waals surface area contributed by atoms with Crippen molar-refractivity contribution < 1.29 is 19.2 Å². The summed E-state index contributed by atoms with van der Waals surface area (Å²) in [6.07, 6.45) is 3.01. The van der Waals surface area contributed by atoms with E-state index in [9.17, 15) is 19.7 Å². The molecule has 1 N–H and O–H groups in total. The van der Waals surface area contributed by atoms with Crippen LogP contribution in [-0.4, -0.2) is 28.4 Å². The van der Waals surface area contributed by atoms with E-state index in [1.165, 1.54) is 35.9 Å². The van der Waals surface area contributed by atoms with Crippen molar-refractivity contribution in [1.29, 1.82) is 0 Å². The van der Waals surface area contributed by atoms with Crippen molar-refractivity contribution in [3.8, 4) is 11.1 Å². The van der Waals surface area contributed by atoms with Gasteiger partial charge in [-0.15, -0.1) is 11.3 Å². The predicted molar refractivity (Wildman–Crippen MR) is 109 cm³/mol. The highest BCUT2D eigenvalue weighted by Gasteiger charge is 2.26. The Labute approximate surface area is 170 Å². The van der Waals surface area contributed by atoms with Crippen LogP contribution in [0, 0.1) is 17.0 Å². The van der Waals surface area contributed by atoms with Gasteiger partial charge in [0.1, 0.15) is 10.6 Å². The first kappa shape index (κ1) is 20.2. The number of nitro groups is 1. The Hall–Kier alpha value is -3.59. The summed E-state index contributed by atoms with van der Waals surface area (Å²) in [7, 11) is 0. The molecule has 2 heterocycles. The number of carbonyl (C=O) groups excluding carboxylic acids is 2. The maximum atomic E-state index is 12.7. The number of nitro benzene ring substituents is 1. The standard InChI is InChI=1S/C20H17N3O5S/c1-3-28-20(25)17-16(13-4-6-15(7-5-13)23(26)27)12(2)29-19(17)22-18(24)14-8-10-21-11-9-14/h4-11H,3H2,1-2H3,(H,22,24). The number of benzene rings is 1. The van der Waals surface area contributed by atoms with Gasteiger partial charge in [-0.25, -0.2) is 4.79 Å². The molecule has 0 spiro atoms. The number of hydrogen-bond acceptors (Lipinski definition) is 7. The van der Waals surface area contributed by atoms with Crippen LogP contribution in [0.2, 0.25) is 0 Å². The summed E-state index contributed by atoms with van der Waals surface area (Å²) in [5.74, 6) is -0.954. The second-order valence-electron chi connectivity index (χ2n) is 5.95. The number of anilines is 1. The lowest BCUT2D eigenvalue weighted by atomic mass is 10.0. The molecule has 0 atom stereocenters. The van der Waals surface area contributed by atoms with Crippen molar-refractivity contribution in [2.45, 2.75) is 13.8 Å². The van der Waals surface area contributed by atoms with Crippen LogP contribution < -0.4 is 5.32 Å². The number of amides is 1. The summed E-state index contributed by atoms with van der Waals surface area (Å²) in [6, 6.07) is 9.02. The molecule has 29 heavy (non-hydrogen) atoms. The first-order valence-corrected chi connectivity index (χ1v) is 9.50. The van der Waals surface area contributed by atoms with Crippen molar-refractivity contribution in [1.82, 2.24) is 4.98 Å². The van der Waals surface area contributed by atoms with Gasteiger partial charge in [0.25, 0.3) is 11.6 Å². The first-order chi connectivity index (χ1) is 13.9. The number of aromatic nitrogens is 1. The van der Waals surface area contributed by atoms with Crippen molar-refractivity contribution in [2.24, 2.45) is 0 Å². The predicted octanol–water partition coefficient (Wildman–Crippen LogP) is 4.46. The lowest BCUT2D eigenvalue weighted by Crippen LogP contribution is -2.14. The minimum atomic E-state index is -0.574. The largest absolute Gasteiger partial charge is 0.462 e. The van der Waals surface area contributed by atoms with Crippen molar-refractivity contribution in [2.75, 3.05) is 11.9 Å². The number of pyridine rings is 1. The fourth-order valence-corrected chi connectivity index (χ4v) is 3.87. The van der Waals surface area contributed by atoms with E-state index in [1.54, 1.807) is 31.2 Å². The fourth-order valence-electron chi connectivity index (χ4n) is 2.81. The van der Waals surface area contributed by atoms with E-state index in [4.69, 9.17) is 4.74 Å². The number of nitrogens with zero attached hydrogens (tertiary/aromatic N) is 2. The molecule has 0 saturated heterocycles. The third-order valence-corrected chi connectivity index (χ3v) is 5.12. The number of ether oxygens (including phenoxy) is 1. The molecule has 0 saturated carbocycles. The monoisotopic (exact) mass is 411 g/mol. The van der Waals surface area contributed by atoms with Crippen LogP contribution in [0.4, 0.5) is 10.7 Å². The Morgan fingerprint density at radius 3 is 2.41 bits per heavy atom. The molecule has 3 rings (SSSR count). The van der Waals surface area contributed by atoms with Crippen LogP contribution in [0.15, 0.2) is 48.8 Å². The summed E-state index contributed by atoms with van der Waals surface area (Å²) in [5.41, 5.74) is 1.78. The Morgan fingerprint density at radius 1 is 1.17 bits per heavy atom. The van der Waals surface area contributed by atoms with E-state index in [0.717, 1.165) is 4.88 Å². The van der Waals surface area contributed by atoms with E-state index in [1.807, 2.05) is 6.92 Å². The molecule has 8 nitrogen and oxygen atoms in total. The van der Waals surface area contributed by atoms with Gasteiger partial charge < -0.3 is 10.1 Å². The van der Waals surface area contributed by atoms with Gasteiger partial charge in [0.2, 0.25) is 0 Å². The van der Waals surface area contributed by atoms with Crippen LogP contribution in [0.1, 0.15) is 32.5 Å². The average Bonchev–Trinajstić information content (AvgIpc) is 3.04. The SMILES string of the molecule is CCOC(=O)c1c(NC(=O)c2ccncc2)sc(C)c1-c1ccc([N+](=O)[O-])cc1. The van der Waals surface area contributed by atoms with Crippen molar-refractivity contribution in [3.63, 3.8) is 0 Å². The highest BCUT2D eigenvalue weighted by molar-refractivity contribution is 7.17. The Balaban J connectivity index is 2.05. The fraction of sp³-hybridized carbons (Fsp3) is 0.150. The van der Waals surface area contributed by atoms with Gasteiger partial charge in [-0.1, -0.05) is 0 Å². The zero-order valence-corrected chi connectivity index (χ0v) is 16.5. The second-order valence-corrected chi connectivity index (χ2v) is 7.18. The second kappa shape index (κ2) is 8.61. The van der Waals surface area contributed by atoms with Crippen LogP contribution in [-0.2, 0) is 4.74 Å². The highest BCUT2D eigenvalue weighted by atomic mass is 32.1. The number of carbonyl (C=O) groups is 2. The molecule has 0 aliphatic rings. The zero-order chi connectivity index (χ0) is 21.0. The zero-order valence-electron chi connectivity index (χ0n) is 15.7. The van der Waals surface area contributed by atoms with E-state index in [2.05, 4.69) is 10.3 Å². The van der Waals surface area contributed by atoms with Gasteiger partial charge in [0.05, 0.1) is 11.5 Å². The van der Waals surface area contributed by atoms with Crippen LogP contribution in [0.25, 0.3) is 11.1 Å². The molecule has 0 bridgehead atoms. The van der Waals surface area contributed by atoms with Crippen LogP contribution in [0.5, 0.6) is 0 Å². The number of aryl methyl sites for hydroxylation is 1. The number of rotatable bonds is 6. The summed E-state index contributed by atoms with van der Waals surface area (Å²) in [5, 5.41) is 14.0. The maximum absolute atomic E-state index is 12.7. The van der Waals surface area contributed by atoms with Crippen molar-refractivity contribution in [3.05, 3.63) is 74.9 Å². The summed E-state index contributed by atoms with van der Waals surface area (Å²) in [6.45, 7) is 3.68. The molecule has 0 aliphatic heterocycles. The average molecular weight is 411 g/mol. The molecule has 0 fully saturated rings. The number of esters is 1. The van der Waals surface area contributed by atoms with E-state index >= 15 is 0 Å². The maximum Gasteiger partial charge on any atom is 0.341 e. The van der Waals surface area contributed by atoms with E-state index < -0.39 is 10.9 Å². The van der Waals surface area contributed by atoms with Gasteiger partial charge in [-0.05, 0) is 43.7 Å². The minimum Gasteiger partial charge on any atom is -0.462 e. The normalized spacial score (nSPS) is 10.4. The molecule has 3 aromatic rings. The highest BCUT2D eigenvalue weighted by Crippen LogP contribution is 2.41. The topological polar surface area (TPSA) is 111 Å². The third-order valence-electron chi connectivity index (χ3n) is 4.10. The molecule has 1 aromatic carbocycles. The van der Waals surface area contributed by atoms with Gasteiger partial charge in [0, 0.05) is 40.5 Å². The number of thiophene rings is 1. The molecule has 0 aliphatic carbocycles. The molecule has 1 amide bonds. The molecule has 0 unspecified atom stereocenters. The molecular weight excluding hydrogens is 394 g/mol. The lowest BCUT2D eigenvalue weighted by Gasteiger charge is -2.09. The summed E-state index contributed by atoms with van der Waals surface area (Å²) < 4.78 is 5.19. The minimum absolute atomic E-state index is 0.0504. The van der Waals surface area contributed by atoms with E-state index in [-0.39, 0.29) is 23.8 Å². The smallest absolute Gasteiger partial charge is 0.341 e. The Morgan fingerprint density at radius 2 is 1.83 bits per heavy atom. The van der Waals surface area contributed by atoms with Gasteiger partial charge in [-0.3, -0.25) is 19.9 Å². The summed E-state index contributed by atoms with van der Waals surface area (Å²) in [4.78, 5) is 40.3. The number of non-ortho nitro benzene ring substituents is 1. The number of hydrogen-bond donors (Lipinski definition) is 1. The Kier molecular flexibility index (Phi) is 5.99. The molecule has 148 valence electrons. The van der Waals surface area contributed by atoms with Gasteiger partial charge in [-0.2, -0.15) is 0 Å². The molecule has 0 radical (unpaired) electrons. The first-order valence-electron chi connectivity index (χ1n) is 8.69. The molecule has 2 aromatic heterocycles. The molecular formula is C20H17N3O5S. The third kappa shape index (κ3) is 4.30. The number of nitrogens with one attached hydrogen (secondary N) is 1. The molecule has 9 heteroatoms. The van der Waals surface area contributed by atoms with E-state index in [0.29, 0.717) is 21.7 Å². The van der Waals surface area contributed by atoms with Gasteiger partial charge >= 0.3 is 5.97 Å².